The summed E-state index contributed by atoms with van der Waals surface area (Å²) in [5, 5.41) is 0. The van der Waals surface area contributed by atoms with Crippen molar-refractivity contribution < 1.29 is 18.0 Å². The number of nitrogens with zero attached hydrogens (tertiary/aromatic N) is 2. The van der Waals surface area contributed by atoms with Gasteiger partial charge in [-0.05, 0) is 37.1 Å². The van der Waals surface area contributed by atoms with E-state index in [1.807, 2.05) is 0 Å². The Bertz CT molecular complexity index is 715. The molecule has 1 fully saturated rings. The van der Waals surface area contributed by atoms with Crippen LogP contribution in [0, 0.1) is 6.92 Å². The van der Waals surface area contributed by atoms with Gasteiger partial charge in [0.15, 0.2) is 0 Å². The highest BCUT2D eigenvalue weighted by atomic mass is 32.2. The Morgan fingerprint density at radius 1 is 1.41 bits per heavy atom. The second-order valence-electron chi connectivity index (χ2n) is 5.33. The van der Waals surface area contributed by atoms with Crippen LogP contribution in [0.3, 0.4) is 0 Å². The molecule has 0 spiro atoms. The Morgan fingerprint density at radius 2 is 2.09 bits per heavy atom. The van der Waals surface area contributed by atoms with Crippen LogP contribution in [0.2, 0.25) is 0 Å². The standard InChI is InChI=1S/C14H19N3O4S/c1-10-8-11(17-7-3-4-14(17)19)5-6-12(10)22(20,21)16(2)9-13(15)18/h5-6,8H,3-4,7,9H2,1-2H3,(H2,15,18). The van der Waals surface area contributed by atoms with Gasteiger partial charge in [-0.25, -0.2) is 8.42 Å². The maximum absolute atomic E-state index is 12.4. The molecule has 2 N–H and O–H groups in total. The summed E-state index contributed by atoms with van der Waals surface area (Å²) >= 11 is 0. The van der Waals surface area contributed by atoms with E-state index in [0.29, 0.717) is 24.2 Å². The molecule has 8 heteroatoms. The van der Waals surface area contributed by atoms with E-state index in [1.54, 1.807) is 24.0 Å². The van der Waals surface area contributed by atoms with Crippen molar-refractivity contribution in [3.05, 3.63) is 23.8 Å². The van der Waals surface area contributed by atoms with Crippen LogP contribution in [-0.4, -0.2) is 44.7 Å². The van der Waals surface area contributed by atoms with Gasteiger partial charge < -0.3 is 10.6 Å². The summed E-state index contributed by atoms with van der Waals surface area (Å²) in [7, 11) is -2.49. The van der Waals surface area contributed by atoms with E-state index in [9.17, 15) is 18.0 Å². The fourth-order valence-corrected chi connectivity index (χ4v) is 3.82. The van der Waals surface area contributed by atoms with Gasteiger partial charge in [0.25, 0.3) is 0 Å². The zero-order chi connectivity index (χ0) is 16.5. The second kappa shape index (κ2) is 6.05. The van der Waals surface area contributed by atoms with E-state index in [2.05, 4.69) is 0 Å². The molecule has 1 saturated heterocycles. The van der Waals surface area contributed by atoms with E-state index < -0.39 is 15.9 Å². The number of benzene rings is 1. The number of carbonyl (C=O) groups excluding carboxylic acids is 2. The summed E-state index contributed by atoms with van der Waals surface area (Å²) in [6, 6.07) is 4.75. The molecule has 0 aromatic heterocycles. The average molecular weight is 325 g/mol. The van der Waals surface area contributed by atoms with Crippen molar-refractivity contribution in [2.45, 2.75) is 24.7 Å². The topological polar surface area (TPSA) is 101 Å². The molecule has 2 amide bonds. The number of amides is 2. The first kappa shape index (κ1) is 16.4. The van der Waals surface area contributed by atoms with Gasteiger partial charge in [0.05, 0.1) is 11.4 Å². The van der Waals surface area contributed by atoms with Crippen LogP contribution < -0.4 is 10.6 Å². The first-order valence-corrected chi connectivity index (χ1v) is 8.33. The Balaban J connectivity index is 2.33. The van der Waals surface area contributed by atoms with Gasteiger partial charge in [-0.2, -0.15) is 4.31 Å². The Morgan fingerprint density at radius 3 is 2.59 bits per heavy atom. The van der Waals surface area contributed by atoms with E-state index in [0.717, 1.165) is 10.7 Å². The predicted molar refractivity (Wildman–Crippen MR) is 81.8 cm³/mol. The Labute approximate surface area is 129 Å². The van der Waals surface area contributed by atoms with Gasteiger partial charge in [-0.15, -0.1) is 0 Å². The summed E-state index contributed by atoms with van der Waals surface area (Å²) in [5.41, 5.74) is 6.25. The number of carbonyl (C=O) groups is 2. The monoisotopic (exact) mass is 325 g/mol. The fourth-order valence-electron chi connectivity index (χ4n) is 2.48. The lowest BCUT2D eigenvalue weighted by molar-refractivity contribution is -0.118. The number of nitrogens with two attached hydrogens (primary N) is 1. The number of rotatable bonds is 5. The van der Waals surface area contributed by atoms with E-state index in [1.165, 1.54) is 13.1 Å². The first-order valence-electron chi connectivity index (χ1n) is 6.89. The van der Waals surface area contributed by atoms with Crippen LogP contribution in [0.1, 0.15) is 18.4 Å². The van der Waals surface area contributed by atoms with Crippen LogP contribution >= 0.6 is 0 Å². The lowest BCUT2D eigenvalue weighted by atomic mass is 10.2. The molecule has 2 rings (SSSR count). The van der Waals surface area contributed by atoms with Crippen LogP contribution in [0.4, 0.5) is 5.69 Å². The van der Waals surface area contributed by atoms with Gasteiger partial charge in [0.1, 0.15) is 0 Å². The zero-order valence-electron chi connectivity index (χ0n) is 12.6. The maximum Gasteiger partial charge on any atom is 0.243 e. The molecule has 0 bridgehead atoms. The summed E-state index contributed by atoms with van der Waals surface area (Å²) < 4.78 is 25.8. The highest BCUT2D eigenvalue weighted by Crippen LogP contribution is 2.27. The smallest absolute Gasteiger partial charge is 0.243 e. The molecule has 22 heavy (non-hydrogen) atoms. The van der Waals surface area contributed by atoms with Gasteiger partial charge in [-0.1, -0.05) is 0 Å². The highest BCUT2D eigenvalue weighted by Gasteiger charge is 2.26. The van der Waals surface area contributed by atoms with E-state index in [-0.39, 0.29) is 17.3 Å². The van der Waals surface area contributed by atoms with Gasteiger partial charge >= 0.3 is 0 Å². The quantitative estimate of drug-likeness (QED) is 0.837. The minimum atomic E-state index is -3.79. The van der Waals surface area contributed by atoms with Crippen molar-refractivity contribution in [3.8, 4) is 0 Å². The molecule has 120 valence electrons. The number of sulfonamides is 1. The third-order valence-corrected chi connectivity index (χ3v) is 5.57. The number of aryl methyl sites for hydroxylation is 1. The van der Waals surface area contributed by atoms with Crippen LogP contribution in [0.15, 0.2) is 23.1 Å². The molecule has 0 saturated carbocycles. The van der Waals surface area contributed by atoms with Crippen LogP contribution in [0.5, 0.6) is 0 Å². The molecule has 0 unspecified atom stereocenters. The highest BCUT2D eigenvalue weighted by molar-refractivity contribution is 7.89. The molecule has 0 atom stereocenters. The SMILES string of the molecule is Cc1cc(N2CCCC2=O)ccc1S(=O)(=O)N(C)CC(N)=O. The van der Waals surface area contributed by atoms with Crippen molar-refractivity contribution in [1.82, 2.24) is 4.31 Å². The minimum absolute atomic E-state index is 0.0425. The number of likely N-dealkylation sites (N-methyl/N-ethyl adjacent to an activating group) is 1. The van der Waals surface area contributed by atoms with Gasteiger partial charge in [0.2, 0.25) is 21.8 Å². The van der Waals surface area contributed by atoms with Crippen molar-refractivity contribution in [2.24, 2.45) is 5.73 Å². The number of hydrogen-bond acceptors (Lipinski definition) is 4. The molecule has 0 radical (unpaired) electrons. The third-order valence-electron chi connectivity index (χ3n) is 3.61. The third kappa shape index (κ3) is 3.12. The van der Waals surface area contributed by atoms with Gasteiger partial charge in [-0.3, -0.25) is 9.59 Å². The summed E-state index contributed by atoms with van der Waals surface area (Å²) in [4.78, 5) is 24.4. The van der Waals surface area contributed by atoms with Crippen LogP contribution in [0.25, 0.3) is 0 Å². The fraction of sp³-hybridized carbons (Fsp3) is 0.429. The molecule has 1 aliphatic rings. The van der Waals surface area contributed by atoms with E-state index >= 15 is 0 Å². The normalized spacial score (nSPS) is 15.6. The average Bonchev–Trinajstić information content (AvgIpc) is 2.83. The predicted octanol–water partition coefficient (Wildman–Crippen LogP) is 0.228. The first-order chi connectivity index (χ1) is 10.2. The Kier molecular flexibility index (Phi) is 4.52. The van der Waals surface area contributed by atoms with E-state index in [4.69, 9.17) is 5.73 Å². The summed E-state index contributed by atoms with van der Waals surface area (Å²) in [5.74, 6) is -0.677. The molecule has 1 aromatic carbocycles. The van der Waals surface area contributed by atoms with Crippen molar-refractivity contribution in [1.29, 1.82) is 0 Å². The molecular formula is C14H19N3O4S. The van der Waals surface area contributed by atoms with Crippen molar-refractivity contribution in [3.63, 3.8) is 0 Å². The number of hydrogen-bond donors (Lipinski definition) is 1. The molecule has 1 aliphatic heterocycles. The molecular weight excluding hydrogens is 306 g/mol. The molecule has 7 nitrogen and oxygen atoms in total. The minimum Gasteiger partial charge on any atom is -0.369 e. The molecule has 1 aromatic rings. The maximum atomic E-state index is 12.4. The molecule has 1 heterocycles. The lowest BCUT2D eigenvalue weighted by Crippen LogP contribution is -2.35. The number of anilines is 1. The summed E-state index contributed by atoms with van der Waals surface area (Å²) in [6.45, 7) is 1.93. The Hall–Kier alpha value is -1.93. The lowest BCUT2D eigenvalue weighted by Gasteiger charge is -2.20. The van der Waals surface area contributed by atoms with Crippen molar-refractivity contribution >= 4 is 27.5 Å². The van der Waals surface area contributed by atoms with Crippen LogP contribution in [-0.2, 0) is 19.6 Å². The largest absolute Gasteiger partial charge is 0.369 e. The van der Waals surface area contributed by atoms with Crippen molar-refractivity contribution in [2.75, 3.05) is 25.0 Å². The second-order valence-corrected chi connectivity index (χ2v) is 7.34. The summed E-state index contributed by atoms with van der Waals surface area (Å²) in [6.07, 6.45) is 1.32. The zero-order valence-corrected chi connectivity index (χ0v) is 13.4. The molecule has 0 aliphatic carbocycles. The number of primary amides is 1. The van der Waals surface area contributed by atoms with Gasteiger partial charge in [0, 0.05) is 25.7 Å².